The van der Waals surface area contributed by atoms with Gasteiger partial charge in [-0.25, -0.2) is 9.67 Å². The lowest BCUT2D eigenvalue weighted by molar-refractivity contribution is 0.577. The van der Waals surface area contributed by atoms with E-state index >= 15 is 0 Å². The molecule has 0 spiro atoms. The number of aromatic nitrogens is 6. The second-order valence-corrected chi connectivity index (χ2v) is 6.57. The zero-order valence-electron chi connectivity index (χ0n) is 15.0. The number of rotatable bonds is 5. The summed E-state index contributed by atoms with van der Waals surface area (Å²) >= 11 is 0. The molecule has 5 aromatic rings. The van der Waals surface area contributed by atoms with E-state index in [4.69, 9.17) is 15.9 Å². The predicted octanol–water partition coefficient (Wildman–Crippen LogP) is 2.53. The largest absolute Gasteiger partial charge is 0.461 e. The first-order chi connectivity index (χ1) is 13.7. The van der Waals surface area contributed by atoms with Crippen molar-refractivity contribution in [3.8, 4) is 11.6 Å². The van der Waals surface area contributed by atoms with Gasteiger partial charge in [-0.3, -0.25) is 0 Å². The Bertz CT molecular complexity index is 1250. The number of nitrogens with two attached hydrogens (primary N) is 2. The van der Waals surface area contributed by atoms with E-state index in [1.807, 2.05) is 28.9 Å². The second-order valence-electron chi connectivity index (χ2n) is 6.57. The average molecular weight is 374 g/mol. The van der Waals surface area contributed by atoms with Crippen molar-refractivity contribution in [1.29, 1.82) is 0 Å². The van der Waals surface area contributed by atoms with Crippen molar-refractivity contribution in [1.82, 2.24) is 29.4 Å². The molecule has 0 saturated heterocycles. The maximum absolute atomic E-state index is 6.12. The molecule has 0 amide bonds. The first-order valence-corrected chi connectivity index (χ1v) is 8.95. The number of hydrogen-bond acceptors (Lipinski definition) is 7. The highest BCUT2D eigenvalue weighted by Crippen LogP contribution is 2.23. The summed E-state index contributed by atoms with van der Waals surface area (Å²) in [5.41, 5.74) is 15.2. The molecule has 4 aromatic heterocycles. The van der Waals surface area contributed by atoms with Crippen molar-refractivity contribution in [2.45, 2.75) is 19.4 Å². The number of anilines is 2. The van der Waals surface area contributed by atoms with Gasteiger partial charge in [0, 0.05) is 12.2 Å². The zero-order chi connectivity index (χ0) is 19.1. The summed E-state index contributed by atoms with van der Waals surface area (Å²) in [5.74, 6) is 1.29. The van der Waals surface area contributed by atoms with E-state index in [0.29, 0.717) is 22.9 Å². The Hall–Kier alpha value is -3.88. The van der Waals surface area contributed by atoms with Crippen LogP contribution in [0.25, 0.3) is 28.3 Å². The Labute approximate surface area is 159 Å². The Morgan fingerprint density at radius 1 is 1.00 bits per heavy atom. The maximum Gasteiger partial charge on any atom is 0.225 e. The highest BCUT2D eigenvalue weighted by molar-refractivity contribution is 5.90. The molecule has 1 aromatic carbocycles. The van der Waals surface area contributed by atoms with Crippen molar-refractivity contribution in [3.63, 3.8) is 0 Å². The molecule has 4 heterocycles. The molecule has 0 unspecified atom stereocenters. The Morgan fingerprint density at radius 2 is 1.86 bits per heavy atom. The van der Waals surface area contributed by atoms with Crippen molar-refractivity contribution >= 4 is 28.3 Å². The molecule has 0 aliphatic heterocycles. The third-order valence-corrected chi connectivity index (χ3v) is 4.65. The van der Waals surface area contributed by atoms with Crippen LogP contribution in [0.2, 0.25) is 0 Å². The smallest absolute Gasteiger partial charge is 0.225 e. The summed E-state index contributed by atoms with van der Waals surface area (Å²) in [6, 6.07) is 11.5. The summed E-state index contributed by atoms with van der Waals surface area (Å²) in [4.78, 5) is 9.05. The lowest BCUT2D eigenvalue weighted by Crippen LogP contribution is -2.06. The van der Waals surface area contributed by atoms with Crippen molar-refractivity contribution in [2.75, 3.05) is 11.5 Å². The van der Waals surface area contributed by atoms with E-state index < -0.39 is 0 Å². The maximum atomic E-state index is 6.12. The predicted molar refractivity (Wildman–Crippen MR) is 105 cm³/mol. The summed E-state index contributed by atoms with van der Waals surface area (Å²) < 4.78 is 8.75. The minimum Gasteiger partial charge on any atom is -0.461 e. The first kappa shape index (κ1) is 16.3. The van der Waals surface area contributed by atoms with Gasteiger partial charge in [-0.1, -0.05) is 12.1 Å². The Morgan fingerprint density at radius 3 is 2.64 bits per heavy atom. The number of nitrogens with zero attached hydrogens (tertiary/aromatic N) is 6. The van der Waals surface area contributed by atoms with Gasteiger partial charge in [0.25, 0.3) is 0 Å². The molecule has 0 saturated carbocycles. The highest BCUT2D eigenvalue weighted by Gasteiger charge is 2.17. The topological polar surface area (TPSA) is 126 Å². The number of benzene rings is 1. The van der Waals surface area contributed by atoms with Gasteiger partial charge >= 0.3 is 0 Å². The van der Waals surface area contributed by atoms with Crippen LogP contribution in [0.15, 0.2) is 53.3 Å². The van der Waals surface area contributed by atoms with Gasteiger partial charge in [-0.2, -0.15) is 14.6 Å². The molecule has 0 aliphatic rings. The van der Waals surface area contributed by atoms with Crippen LogP contribution >= 0.6 is 0 Å². The van der Waals surface area contributed by atoms with Gasteiger partial charge in [0.05, 0.1) is 17.8 Å². The number of aryl methyl sites for hydroxylation is 2. The third kappa shape index (κ3) is 2.73. The van der Waals surface area contributed by atoms with Crippen LogP contribution in [-0.4, -0.2) is 29.4 Å². The molecular weight excluding hydrogens is 356 g/mol. The monoisotopic (exact) mass is 374 g/mol. The lowest BCUT2D eigenvalue weighted by Gasteiger charge is -2.05. The molecule has 140 valence electrons. The number of hydrogen-bond donors (Lipinski definition) is 2. The number of nitrogen functional groups attached to an aromatic ring is 2. The van der Waals surface area contributed by atoms with E-state index in [1.165, 1.54) is 10.1 Å². The fraction of sp³-hybridized carbons (Fsp3) is 0.158. The third-order valence-electron chi connectivity index (χ3n) is 4.65. The molecule has 4 N–H and O–H groups in total. The van der Waals surface area contributed by atoms with Gasteiger partial charge in [-0.05, 0) is 42.7 Å². The Balaban J connectivity index is 1.45. The summed E-state index contributed by atoms with van der Waals surface area (Å²) in [6.45, 7) is 0.718. The first-order valence-electron chi connectivity index (χ1n) is 8.95. The van der Waals surface area contributed by atoms with Crippen LogP contribution in [0.4, 0.5) is 11.6 Å². The van der Waals surface area contributed by atoms with E-state index in [-0.39, 0.29) is 5.95 Å². The molecule has 0 aliphatic carbocycles. The van der Waals surface area contributed by atoms with Gasteiger partial charge in [0.2, 0.25) is 11.8 Å². The van der Waals surface area contributed by atoms with E-state index in [2.05, 4.69) is 20.2 Å². The van der Waals surface area contributed by atoms with Crippen LogP contribution in [0.5, 0.6) is 0 Å². The molecule has 9 heteroatoms. The van der Waals surface area contributed by atoms with Crippen LogP contribution in [0.1, 0.15) is 12.0 Å². The molecule has 0 bridgehead atoms. The number of furan rings is 1. The molecule has 0 atom stereocenters. The van der Waals surface area contributed by atoms with Gasteiger partial charge in [-0.15, -0.1) is 5.10 Å². The van der Waals surface area contributed by atoms with Crippen molar-refractivity contribution in [3.05, 3.63) is 54.4 Å². The number of fused-ring (bicyclic) bond motifs is 3. The Kier molecular flexibility index (Phi) is 3.71. The van der Waals surface area contributed by atoms with Crippen molar-refractivity contribution in [2.24, 2.45) is 0 Å². The fourth-order valence-electron chi connectivity index (χ4n) is 3.25. The minimum atomic E-state index is 0.257. The van der Waals surface area contributed by atoms with Gasteiger partial charge in [0.15, 0.2) is 17.1 Å². The quantitative estimate of drug-likeness (QED) is 0.453. The molecule has 5 rings (SSSR count). The van der Waals surface area contributed by atoms with E-state index in [0.717, 1.165) is 30.5 Å². The molecular formula is C19H18N8O. The summed E-state index contributed by atoms with van der Waals surface area (Å²) in [5, 5.41) is 9.68. The summed E-state index contributed by atoms with van der Waals surface area (Å²) in [6.07, 6.45) is 5.17. The van der Waals surface area contributed by atoms with Crippen LogP contribution in [-0.2, 0) is 13.0 Å². The van der Waals surface area contributed by atoms with Crippen LogP contribution in [0.3, 0.4) is 0 Å². The standard InChI is InChI=1S/C19H18N8O/c20-13-7-5-12(6-8-13)3-1-9-26-17-14(11-22-26)18-23-16(15-4-2-10-28-15)25-27(18)19(21)24-17/h2,4-8,10-11H,1,3,9,20H2,(H2,21,24). The SMILES string of the molecule is Nc1ccc(CCCn2ncc3c2nc(N)n2nc(-c4ccco4)nc32)cc1. The highest BCUT2D eigenvalue weighted by atomic mass is 16.3. The van der Waals surface area contributed by atoms with Gasteiger partial charge < -0.3 is 15.9 Å². The molecule has 9 nitrogen and oxygen atoms in total. The van der Waals surface area contributed by atoms with Gasteiger partial charge in [0.1, 0.15) is 0 Å². The lowest BCUT2D eigenvalue weighted by atomic mass is 10.1. The second kappa shape index (κ2) is 6.38. The van der Waals surface area contributed by atoms with Crippen molar-refractivity contribution < 1.29 is 4.42 Å². The van der Waals surface area contributed by atoms with Crippen LogP contribution in [0, 0.1) is 0 Å². The fourth-order valence-corrected chi connectivity index (χ4v) is 3.25. The average Bonchev–Trinajstić information content (AvgIpc) is 3.42. The minimum absolute atomic E-state index is 0.257. The normalized spacial score (nSPS) is 11.6. The summed E-state index contributed by atoms with van der Waals surface area (Å²) in [7, 11) is 0. The zero-order valence-corrected chi connectivity index (χ0v) is 15.0. The van der Waals surface area contributed by atoms with E-state index in [1.54, 1.807) is 24.6 Å². The molecule has 28 heavy (non-hydrogen) atoms. The van der Waals surface area contributed by atoms with E-state index in [9.17, 15) is 0 Å². The van der Waals surface area contributed by atoms with Crippen LogP contribution < -0.4 is 11.5 Å². The molecule has 0 fully saturated rings. The molecule has 0 radical (unpaired) electrons.